The van der Waals surface area contributed by atoms with Gasteiger partial charge >= 0.3 is 6.09 Å². The van der Waals surface area contributed by atoms with Crippen LogP contribution >= 0.6 is 11.6 Å². The summed E-state index contributed by atoms with van der Waals surface area (Å²) in [5.74, 6) is 0.0863. The second kappa shape index (κ2) is 11.3. The first-order valence-electron chi connectivity index (χ1n) is 12.8. The summed E-state index contributed by atoms with van der Waals surface area (Å²) < 4.78 is 8.58. The number of nitrogens with zero attached hydrogens (tertiary/aromatic N) is 5. The lowest BCUT2D eigenvalue weighted by Gasteiger charge is -2.34. The minimum Gasteiger partial charge on any atom is -0.444 e. The number of fused-ring (bicyclic) bond motifs is 1. The highest BCUT2D eigenvalue weighted by Crippen LogP contribution is 2.27. The number of piperidine rings is 1. The maximum atomic E-state index is 13.7. The van der Waals surface area contributed by atoms with E-state index in [9.17, 15) is 14.4 Å². The van der Waals surface area contributed by atoms with Gasteiger partial charge < -0.3 is 24.1 Å². The molecule has 4 rings (SSSR count). The number of amides is 2. The summed E-state index contributed by atoms with van der Waals surface area (Å²) in [4.78, 5) is 50.9. The molecule has 1 fully saturated rings. The van der Waals surface area contributed by atoms with Gasteiger partial charge in [0.15, 0.2) is 0 Å². The fraction of sp³-hybridized carbons (Fsp3) is 0.481. The zero-order valence-electron chi connectivity index (χ0n) is 23.2. The number of pyridine rings is 1. The molecule has 210 valence electrons. The molecule has 1 aliphatic rings. The Balaban J connectivity index is 1.78. The number of hydroxylamine groups is 2. The Morgan fingerprint density at radius 1 is 1.26 bits per heavy atom. The molecule has 0 radical (unpaired) electrons. The summed E-state index contributed by atoms with van der Waals surface area (Å²) in [6.45, 7) is 6.91. The number of hydrogen-bond donors (Lipinski definition) is 1. The molecule has 1 N–H and O–H groups in total. The number of nitrogens with one attached hydrogen (secondary N) is 1. The molecule has 2 amide bonds. The molecular formula is C27H35ClN6O5. The standard InChI is InChI=1S/C27H35ClN6O5/c1-27(2,3)39-26(37)29-18-11-9-13-33(16-18)25-30-20-14-21(23(35)32(5)38-6)31(4)24(36)22(20)34(25)15-17-10-7-8-12-19(17)28/h7-8,10,12,14,18H,9,11,13,15-16H2,1-6H3,(H,29,37)/t18-/m1/s1. The number of benzene rings is 1. The average Bonchev–Trinajstić information content (AvgIpc) is 3.23. The van der Waals surface area contributed by atoms with E-state index in [1.165, 1.54) is 18.7 Å². The minimum atomic E-state index is -0.604. The Morgan fingerprint density at radius 2 is 1.97 bits per heavy atom. The van der Waals surface area contributed by atoms with Crippen molar-refractivity contribution < 1.29 is 19.2 Å². The molecule has 1 aliphatic heterocycles. The first-order valence-corrected chi connectivity index (χ1v) is 13.2. The molecule has 3 aromatic rings. The Labute approximate surface area is 232 Å². The van der Waals surface area contributed by atoms with Gasteiger partial charge in [0.2, 0.25) is 5.95 Å². The van der Waals surface area contributed by atoms with Crippen LogP contribution in [0.1, 0.15) is 49.7 Å². The van der Waals surface area contributed by atoms with E-state index in [4.69, 9.17) is 26.2 Å². The van der Waals surface area contributed by atoms with E-state index in [0.717, 1.165) is 23.5 Å². The minimum absolute atomic E-state index is 0.147. The van der Waals surface area contributed by atoms with Gasteiger partial charge in [-0.3, -0.25) is 14.4 Å². The number of hydrogen-bond acceptors (Lipinski definition) is 7. The topological polar surface area (TPSA) is 111 Å². The highest BCUT2D eigenvalue weighted by atomic mass is 35.5. The van der Waals surface area contributed by atoms with Gasteiger partial charge in [-0.1, -0.05) is 29.8 Å². The molecule has 3 heterocycles. The third kappa shape index (κ3) is 6.20. The molecule has 1 aromatic carbocycles. The molecule has 12 heteroatoms. The number of carbonyl (C=O) groups excluding carboxylic acids is 2. The van der Waals surface area contributed by atoms with Crippen molar-refractivity contribution >= 4 is 40.6 Å². The van der Waals surface area contributed by atoms with Gasteiger partial charge in [0.05, 0.1) is 19.2 Å². The Bertz CT molecular complexity index is 1440. The monoisotopic (exact) mass is 558 g/mol. The number of aromatic nitrogens is 3. The van der Waals surface area contributed by atoms with Crippen LogP contribution in [0.4, 0.5) is 10.7 Å². The first kappa shape index (κ1) is 28.4. The number of halogens is 1. The number of anilines is 1. The molecule has 1 saturated heterocycles. The van der Waals surface area contributed by atoms with Crippen LogP contribution in [0, 0.1) is 0 Å². The van der Waals surface area contributed by atoms with Crippen molar-refractivity contribution in [2.75, 3.05) is 32.1 Å². The van der Waals surface area contributed by atoms with Gasteiger partial charge in [-0.05, 0) is 51.3 Å². The van der Waals surface area contributed by atoms with Gasteiger partial charge in [0, 0.05) is 38.2 Å². The molecule has 11 nitrogen and oxygen atoms in total. The molecule has 0 bridgehead atoms. The number of rotatable bonds is 6. The summed E-state index contributed by atoms with van der Waals surface area (Å²) in [5.41, 5.74) is 0.733. The highest BCUT2D eigenvalue weighted by Gasteiger charge is 2.29. The summed E-state index contributed by atoms with van der Waals surface area (Å²) >= 11 is 6.50. The molecule has 0 saturated carbocycles. The molecule has 2 aromatic heterocycles. The lowest BCUT2D eigenvalue weighted by molar-refractivity contribution is -0.0763. The second-order valence-electron chi connectivity index (χ2n) is 10.6. The molecule has 0 unspecified atom stereocenters. The Hall–Kier alpha value is -3.57. The van der Waals surface area contributed by atoms with Crippen LogP contribution in [-0.2, 0) is 23.2 Å². The van der Waals surface area contributed by atoms with Crippen LogP contribution in [0.2, 0.25) is 5.02 Å². The van der Waals surface area contributed by atoms with E-state index in [2.05, 4.69) is 5.32 Å². The third-order valence-electron chi connectivity index (χ3n) is 6.61. The average molecular weight is 559 g/mol. The van der Waals surface area contributed by atoms with E-state index in [1.807, 2.05) is 48.4 Å². The van der Waals surface area contributed by atoms with Crippen LogP contribution < -0.4 is 15.8 Å². The van der Waals surface area contributed by atoms with Gasteiger partial charge in [-0.15, -0.1) is 0 Å². The fourth-order valence-corrected chi connectivity index (χ4v) is 4.86. The van der Waals surface area contributed by atoms with Crippen LogP contribution in [0.15, 0.2) is 35.1 Å². The zero-order chi connectivity index (χ0) is 28.5. The van der Waals surface area contributed by atoms with E-state index >= 15 is 0 Å². The van der Waals surface area contributed by atoms with E-state index < -0.39 is 17.6 Å². The molecular weight excluding hydrogens is 524 g/mol. The number of ether oxygens (including phenoxy) is 1. The van der Waals surface area contributed by atoms with Crippen molar-refractivity contribution in [2.24, 2.45) is 7.05 Å². The van der Waals surface area contributed by atoms with Crippen molar-refractivity contribution in [3.05, 3.63) is 57.0 Å². The molecule has 0 spiro atoms. The lowest BCUT2D eigenvalue weighted by atomic mass is 10.1. The summed E-state index contributed by atoms with van der Waals surface area (Å²) in [6.07, 6.45) is 1.11. The number of alkyl carbamates (subject to hydrolysis) is 1. The summed E-state index contributed by atoms with van der Waals surface area (Å²) in [6, 6.07) is 8.86. The van der Waals surface area contributed by atoms with Crippen LogP contribution in [0.3, 0.4) is 0 Å². The van der Waals surface area contributed by atoms with Crippen LogP contribution in [0.25, 0.3) is 11.0 Å². The van der Waals surface area contributed by atoms with Crippen molar-refractivity contribution in [3.8, 4) is 0 Å². The zero-order valence-corrected chi connectivity index (χ0v) is 23.9. The predicted octanol–water partition coefficient (Wildman–Crippen LogP) is 3.56. The van der Waals surface area contributed by atoms with Gasteiger partial charge in [0.25, 0.3) is 11.5 Å². The van der Waals surface area contributed by atoms with Gasteiger partial charge in [-0.25, -0.2) is 14.8 Å². The van der Waals surface area contributed by atoms with Crippen molar-refractivity contribution in [1.82, 2.24) is 24.5 Å². The predicted molar refractivity (Wildman–Crippen MR) is 149 cm³/mol. The summed E-state index contributed by atoms with van der Waals surface area (Å²) in [5, 5.41) is 4.58. The van der Waals surface area contributed by atoms with E-state index in [1.54, 1.807) is 19.2 Å². The Kier molecular flexibility index (Phi) is 8.22. The molecule has 39 heavy (non-hydrogen) atoms. The van der Waals surface area contributed by atoms with E-state index in [-0.39, 0.29) is 17.3 Å². The largest absolute Gasteiger partial charge is 0.444 e. The maximum Gasteiger partial charge on any atom is 0.407 e. The third-order valence-corrected chi connectivity index (χ3v) is 6.98. The summed E-state index contributed by atoms with van der Waals surface area (Å²) in [7, 11) is 4.40. The van der Waals surface area contributed by atoms with E-state index in [0.29, 0.717) is 41.6 Å². The van der Waals surface area contributed by atoms with Crippen LogP contribution in [0.5, 0.6) is 0 Å². The quantitative estimate of drug-likeness (QED) is 0.460. The highest BCUT2D eigenvalue weighted by molar-refractivity contribution is 6.31. The van der Waals surface area contributed by atoms with Gasteiger partial charge in [0.1, 0.15) is 16.8 Å². The smallest absolute Gasteiger partial charge is 0.407 e. The van der Waals surface area contributed by atoms with Crippen molar-refractivity contribution in [1.29, 1.82) is 0 Å². The SMILES string of the molecule is CON(C)C(=O)c1cc2nc(N3CCC[C@@H](NC(=O)OC(C)(C)C)C3)n(Cc3ccccc3Cl)c2c(=O)n1C. The Morgan fingerprint density at radius 3 is 2.64 bits per heavy atom. The lowest BCUT2D eigenvalue weighted by Crippen LogP contribution is -2.49. The first-order chi connectivity index (χ1) is 18.4. The second-order valence-corrected chi connectivity index (χ2v) is 11.0. The maximum absolute atomic E-state index is 13.7. The molecule has 1 atom stereocenters. The number of imidazole rings is 1. The van der Waals surface area contributed by atoms with Crippen LogP contribution in [-0.4, -0.2) is 70.1 Å². The normalized spacial score (nSPS) is 15.9. The fourth-order valence-electron chi connectivity index (χ4n) is 4.67. The van der Waals surface area contributed by atoms with Gasteiger partial charge in [-0.2, -0.15) is 0 Å². The van der Waals surface area contributed by atoms with Crippen molar-refractivity contribution in [2.45, 2.75) is 51.8 Å². The van der Waals surface area contributed by atoms with Crippen molar-refractivity contribution in [3.63, 3.8) is 0 Å². The number of carbonyl (C=O) groups is 2. The molecule has 0 aliphatic carbocycles.